The second-order valence-electron chi connectivity index (χ2n) is 8.06. The Hall–Kier alpha value is -2.18. The topological polar surface area (TPSA) is 107 Å². The van der Waals surface area contributed by atoms with Gasteiger partial charge in [-0.3, -0.25) is 4.79 Å². The van der Waals surface area contributed by atoms with E-state index in [1.54, 1.807) is 6.07 Å². The molecule has 8 nitrogen and oxygen atoms in total. The molecule has 1 aromatic rings. The Kier molecular flexibility index (Phi) is 12.0. The summed E-state index contributed by atoms with van der Waals surface area (Å²) in [4.78, 5) is 23.6. The van der Waals surface area contributed by atoms with Gasteiger partial charge in [0.25, 0.3) is 0 Å². The van der Waals surface area contributed by atoms with Gasteiger partial charge >= 0.3 is 12.1 Å². The Labute approximate surface area is 199 Å². The second-order valence-corrected chi connectivity index (χ2v) is 9.97. The van der Waals surface area contributed by atoms with E-state index in [9.17, 15) is 26.4 Å². The van der Waals surface area contributed by atoms with E-state index in [1.807, 2.05) is 30.9 Å². The number of carbonyl (C=O) groups is 2. The van der Waals surface area contributed by atoms with Crippen LogP contribution in [0.1, 0.15) is 43.7 Å². The van der Waals surface area contributed by atoms with E-state index < -0.39 is 22.2 Å². The second kappa shape index (κ2) is 13.6. The van der Waals surface area contributed by atoms with E-state index in [-0.39, 0.29) is 18.9 Å². The predicted molar refractivity (Wildman–Crippen MR) is 122 cm³/mol. The van der Waals surface area contributed by atoms with E-state index in [0.717, 1.165) is 43.5 Å². The van der Waals surface area contributed by atoms with E-state index >= 15 is 0 Å². The largest absolute Gasteiger partial charge is 0.490 e. The van der Waals surface area contributed by atoms with Crippen molar-refractivity contribution in [2.45, 2.75) is 57.5 Å². The van der Waals surface area contributed by atoms with Gasteiger partial charge in [-0.25, -0.2) is 13.2 Å². The Bertz CT molecular complexity index is 917. The SMILES string of the molecule is CCCCCN(CCC(=O)N1CCNCC1)S(=O)(=O)c1ccc(C)cc1C.O=C(O)C(F)(F)F. The number of nitrogens with one attached hydrogen (secondary N) is 1. The lowest BCUT2D eigenvalue weighted by atomic mass is 10.2. The molecule has 1 fully saturated rings. The van der Waals surface area contributed by atoms with Crippen molar-refractivity contribution in [1.29, 1.82) is 0 Å². The number of alkyl halides is 3. The number of carboxylic acids is 1. The lowest BCUT2D eigenvalue weighted by Gasteiger charge is -2.29. The number of unbranched alkanes of at least 4 members (excludes halogenated alkanes) is 2. The minimum absolute atomic E-state index is 0.0350. The Morgan fingerprint density at radius 2 is 1.71 bits per heavy atom. The summed E-state index contributed by atoms with van der Waals surface area (Å²) in [6.07, 6.45) is -2.04. The minimum atomic E-state index is -5.08. The van der Waals surface area contributed by atoms with Crippen LogP contribution in [0.3, 0.4) is 0 Å². The zero-order valence-corrected chi connectivity index (χ0v) is 20.6. The molecule has 1 aliphatic rings. The molecule has 0 atom stereocenters. The molecule has 1 saturated heterocycles. The number of carboxylic acid groups (broad SMARTS) is 1. The number of aryl methyl sites for hydroxylation is 2. The summed E-state index contributed by atoms with van der Waals surface area (Å²) >= 11 is 0. The summed E-state index contributed by atoms with van der Waals surface area (Å²) in [5.74, 6) is -2.72. The molecule has 2 N–H and O–H groups in total. The van der Waals surface area contributed by atoms with Gasteiger partial charge in [0.1, 0.15) is 0 Å². The maximum atomic E-state index is 13.2. The maximum Gasteiger partial charge on any atom is 0.490 e. The van der Waals surface area contributed by atoms with Gasteiger partial charge in [0, 0.05) is 45.7 Å². The molecule has 12 heteroatoms. The lowest BCUT2D eigenvalue weighted by molar-refractivity contribution is -0.192. The number of nitrogens with zero attached hydrogens (tertiary/aromatic N) is 2. The van der Waals surface area contributed by atoms with Crippen molar-refractivity contribution in [3.05, 3.63) is 29.3 Å². The zero-order valence-electron chi connectivity index (χ0n) is 19.8. The molecular weight excluding hydrogens is 475 g/mol. The molecule has 0 radical (unpaired) electrons. The fraction of sp³-hybridized carbons (Fsp3) is 0.636. The molecule has 0 unspecified atom stereocenters. The van der Waals surface area contributed by atoms with Crippen LogP contribution in [0, 0.1) is 13.8 Å². The van der Waals surface area contributed by atoms with Gasteiger partial charge in [0.2, 0.25) is 15.9 Å². The number of aliphatic carboxylic acids is 1. The number of piperazine rings is 1. The lowest BCUT2D eigenvalue weighted by Crippen LogP contribution is -2.47. The van der Waals surface area contributed by atoms with Gasteiger partial charge in [0.05, 0.1) is 4.90 Å². The van der Waals surface area contributed by atoms with Crippen LogP contribution >= 0.6 is 0 Å². The molecule has 2 rings (SSSR count). The highest BCUT2D eigenvalue weighted by Crippen LogP contribution is 2.22. The van der Waals surface area contributed by atoms with E-state index in [1.165, 1.54) is 4.31 Å². The third-order valence-electron chi connectivity index (χ3n) is 5.25. The molecule has 0 saturated carbocycles. The molecule has 0 aliphatic carbocycles. The molecule has 1 heterocycles. The summed E-state index contributed by atoms with van der Waals surface area (Å²) in [6, 6.07) is 5.41. The molecular formula is C22H34F3N3O5S. The molecule has 1 aromatic carbocycles. The first kappa shape index (κ1) is 29.9. The van der Waals surface area contributed by atoms with Crippen LogP contribution in [0.2, 0.25) is 0 Å². The number of amides is 1. The van der Waals surface area contributed by atoms with Crippen molar-refractivity contribution in [3.8, 4) is 0 Å². The number of carbonyl (C=O) groups excluding carboxylic acids is 1. The van der Waals surface area contributed by atoms with Gasteiger partial charge in [-0.05, 0) is 31.9 Å². The Morgan fingerprint density at radius 3 is 2.21 bits per heavy atom. The van der Waals surface area contributed by atoms with E-state index in [4.69, 9.17) is 9.90 Å². The molecule has 1 amide bonds. The van der Waals surface area contributed by atoms with Gasteiger partial charge in [-0.2, -0.15) is 17.5 Å². The quantitative estimate of drug-likeness (QED) is 0.496. The minimum Gasteiger partial charge on any atom is -0.475 e. The first-order valence-electron chi connectivity index (χ1n) is 11.2. The monoisotopic (exact) mass is 509 g/mol. The summed E-state index contributed by atoms with van der Waals surface area (Å²) in [5, 5.41) is 10.4. The molecule has 1 aliphatic heterocycles. The van der Waals surface area contributed by atoms with Crippen molar-refractivity contribution in [2.24, 2.45) is 0 Å². The van der Waals surface area contributed by atoms with Gasteiger partial charge in [-0.1, -0.05) is 37.5 Å². The standard InChI is InChI=1S/C20H33N3O3S.C2HF3O2/c1-4-5-6-12-23(13-9-20(24)22-14-10-21-11-15-22)27(25,26)19-8-7-17(2)16-18(19)3;3-2(4,5)1(6)7/h7-8,16,21H,4-6,9-15H2,1-3H3;(H,6,7). The number of hydrogen-bond donors (Lipinski definition) is 2. The highest BCUT2D eigenvalue weighted by atomic mass is 32.2. The summed E-state index contributed by atoms with van der Waals surface area (Å²) in [6.45, 7) is 9.55. The summed E-state index contributed by atoms with van der Waals surface area (Å²) in [7, 11) is -3.61. The van der Waals surface area contributed by atoms with Crippen LogP contribution in [0.4, 0.5) is 13.2 Å². The molecule has 0 bridgehead atoms. The predicted octanol–water partition coefficient (Wildman–Crippen LogP) is 2.94. The van der Waals surface area contributed by atoms with Crippen molar-refractivity contribution in [3.63, 3.8) is 0 Å². The fourth-order valence-corrected chi connectivity index (χ4v) is 5.10. The van der Waals surface area contributed by atoms with Crippen LogP contribution in [0.25, 0.3) is 0 Å². The van der Waals surface area contributed by atoms with Gasteiger partial charge < -0.3 is 15.3 Å². The molecule has 0 spiro atoms. The summed E-state index contributed by atoms with van der Waals surface area (Å²) < 4.78 is 59.7. The average molecular weight is 510 g/mol. The number of benzene rings is 1. The van der Waals surface area contributed by atoms with Crippen LogP contribution in [0.15, 0.2) is 23.1 Å². The number of hydrogen-bond acceptors (Lipinski definition) is 5. The van der Waals surface area contributed by atoms with Gasteiger partial charge in [0.15, 0.2) is 0 Å². The number of halogens is 3. The first-order chi connectivity index (χ1) is 15.8. The maximum absolute atomic E-state index is 13.2. The first-order valence-corrected chi connectivity index (χ1v) is 12.6. The number of sulfonamides is 1. The van der Waals surface area contributed by atoms with Crippen LogP contribution in [-0.4, -0.2) is 80.1 Å². The molecule has 0 aromatic heterocycles. The van der Waals surface area contributed by atoms with Crippen molar-refractivity contribution < 1.29 is 36.3 Å². The third-order valence-corrected chi connectivity index (χ3v) is 7.31. The van der Waals surface area contributed by atoms with Crippen molar-refractivity contribution >= 4 is 21.9 Å². The van der Waals surface area contributed by atoms with Crippen molar-refractivity contribution in [2.75, 3.05) is 39.3 Å². The van der Waals surface area contributed by atoms with Crippen LogP contribution < -0.4 is 5.32 Å². The normalized spacial score (nSPS) is 14.5. The fourth-order valence-electron chi connectivity index (χ4n) is 3.41. The van der Waals surface area contributed by atoms with Crippen molar-refractivity contribution in [1.82, 2.24) is 14.5 Å². The van der Waals surface area contributed by atoms with E-state index in [0.29, 0.717) is 24.5 Å². The smallest absolute Gasteiger partial charge is 0.475 e. The molecule has 34 heavy (non-hydrogen) atoms. The zero-order chi connectivity index (χ0) is 25.9. The molecule has 194 valence electrons. The summed E-state index contributed by atoms with van der Waals surface area (Å²) in [5.41, 5.74) is 1.79. The van der Waals surface area contributed by atoms with Crippen LogP contribution in [0.5, 0.6) is 0 Å². The highest BCUT2D eigenvalue weighted by Gasteiger charge is 2.38. The van der Waals surface area contributed by atoms with Crippen LogP contribution in [-0.2, 0) is 19.6 Å². The van der Waals surface area contributed by atoms with Gasteiger partial charge in [-0.15, -0.1) is 0 Å². The average Bonchev–Trinajstić information content (AvgIpc) is 2.75. The highest BCUT2D eigenvalue weighted by molar-refractivity contribution is 7.89. The Morgan fingerprint density at radius 1 is 1.12 bits per heavy atom. The number of rotatable bonds is 9. The van der Waals surface area contributed by atoms with E-state index in [2.05, 4.69) is 12.2 Å². The third kappa shape index (κ3) is 9.59. The Balaban J connectivity index is 0.000000718.